The minimum atomic E-state index is -3.74. The highest BCUT2D eigenvalue weighted by Crippen LogP contribution is 2.22. The monoisotopic (exact) mass is 399 g/mol. The molecule has 0 aromatic heterocycles. The standard InChI is InChI=1S/C17H26N4O5S/c1-13-4-6-14(7-5-13)27(24,25)21-10-11-26-15(21)12-19-17(23)16(22)18-8-9-20(2)3/h4-7,15H,8-12H2,1-3H3,(H,18,22)(H,19,23)/p+1/t15-/m1/s1. The summed E-state index contributed by atoms with van der Waals surface area (Å²) >= 11 is 0. The number of aryl methyl sites for hydroxylation is 1. The summed E-state index contributed by atoms with van der Waals surface area (Å²) < 4.78 is 32.2. The van der Waals surface area contributed by atoms with Crippen LogP contribution in [0.2, 0.25) is 0 Å². The SMILES string of the molecule is Cc1ccc(S(=O)(=O)N2CCO[C@@H]2CNC(=O)C(=O)NCC[NH+](C)C)cc1. The zero-order valence-corrected chi connectivity index (χ0v) is 16.6. The fraction of sp³-hybridized carbons (Fsp3) is 0.529. The van der Waals surface area contributed by atoms with Crippen LogP contribution in [-0.4, -0.2) is 77.6 Å². The number of nitrogens with one attached hydrogen (secondary N) is 3. The van der Waals surface area contributed by atoms with Gasteiger partial charge >= 0.3 is 11.8 Å². The maximum Gasteiger partial charge on any atom is 0.309 e. The van der Waals surface area contributed by atoms with E-state index in [1.165, 1.54) is 4.31 Å². The molecule has 9 nitrogen and oxygen atoms in total. The lowest BCUT2D eigenvalue weighted by Crippen LogP contribution is -3.06. The summed E-state index contributed by atoms with van der Waals surface area (Å²) in [5.41, 5.74) is 0.956. The van der Waals surface area contributed by atoms with E-state index >= 15 is 0 Å². The summed E-state index contributed by atoms with van der Waals surface area (Å²) in [5.74, 6) is -1.56. The smallest absolute Gasteiger partial charge is 0.309 e. The molecule has 10 heteroatoms. The number of hydrogen-bond donors (Lipinski definition) is 3. The van der Waals surface area contributed by atoms with Crippen LogP contribution in [0.25, 0.3) is 0 Å². The number of nitrogens with zero attached hydrogens (tertiary/aromatic N) is 1. The van der Waals surface area contributed by atoms with Gasteiger partial charge < -0.3 is 20.3 Å². The van der Waals surface area contributed by atoms with E-state index in [0.717, 1.165) is 10.5 Å². The third kappa shape index (κ3) is 5.73. The molecule has 1 heterocycles. The molecule has 1 aromatic rings. The van der Waals surface area contributed by atoms with Crippen LogP contribution in [0.5, 0.6) is 0 Å². The van der Waals surface area contributed by atoms with Crippen molar-refractivity contribution in [2.75, 3.05) is 46.9 Å². The normalized spacial score (nSPS) is 17.9. The Bertz CT molecular complexity index is 764. The molecule has 1 aliphatic heterocycles. The Morgan fingerprint density at radius 3 is 2.44 bits per heavy atom. The van der Waals surface area contributed by atoms with E-state index in [-0.39, 0.29) is 24.6 Å². The van der Waals surface area contributed by atoms with Crippen molar-refractivity contribution in [3.63, 3.8) is 0 Å². The highest BCUT2D eigenvalue weighted by atomic mass is 32.2. The summed E-state index contributed by atoms with van der Waals surface area (Å²) in [6.45, 7) is 3.25. The number of sulfonamides is 1. The molecule has 0 saturated carbocycles. The van der Waals surface area contributed by atoms with Crippen molar-refractivity contribution in [2.45, 2.75) is 18.0 Å². The van der Waals surface area contributed by atoms with Crippen LogP contribution >= 0.6 is 0 Å². The summed E-state index contributed by atoms with van der Waals surface area (Å²) in [5, 5.41) is 4.95. The van der Waals surface area contributed by atoms with Crippen molar-refractivity contribution >= 4 is 21.8 Å². The molecule has 0 radical (unpaired) electrons. The van der Waals surface area contributed by atoms with Gasteiger partial charge in [-0.3, -0.25) is 9.59 Å². The quantitative estimate of drug-likeness (QED) is 0.448. The van der Waals surface area contributed by atoms with Crippen LogP contribution in [-0.2, 0) is 24.3 Å². The third-order valence-corrected chi connectivity index (χ3v) is 6.03. The molecular formula is C17H27N4O5S+. The Morgan fingerprint density at radius 2 is 1.81 bits per heavy atom. The maximum absolute atomic E-state index is 12.8. The van der Waals surface area contributed by atoms with E-state index in [2.05, 4.69) is 10.6 Å². The van der Waals surface area contributed by atoms with Crippen LogP contribution in [0.4, 0.5) is 0 Å². The number of amides is 2. The molecule has 3 N–H and O–H groups in total. The Labute approximate surface area is 159 Å². The molecule has 0 unspecified atom stereocenters. The zero-order chi connectivity index (χ0) is 20.0. The van der Waals surface area contributed by atoms with Crippen molar-refractivity contribution in [3.05, 3.63) is 29.8 Å². The number of carbonyl (C=O) groups is 2. The van der Waals surface area contributed by atoms with Gasteiger partial charge in [-0.25, -0.2) is 8.42 Å². The second-order valence-electron chi connectivity index (χ2n) is 6.68. The van der Waals surface area contributed by atoms with Crippen LogP contribution in [0.15, 0.2) is 29.2 Å². The lowest BCUT2D eigenvalue weighted by atomic mass is 10.2. The van der Waals surface area contributed by atoms with E-state index < -0.39 is 28.1 Å². The van der Waals surface area contributed by atoms with Gasteiger partial charge in [0.2, 0.25) is 10.0 Å². The molecule has 2 rings (SSSR count). The van der Waals surface area contributed by atoms with Gasteiger partial charge in [0.15, 0.2) is 0 Å². The highest BCUT2D eigenvalue weighted by Gasteiger charge is 2.36. The Balaban J connectivity index is 1.93. The third-order valence-electron chi connectivity index (χ3n) is 4.12. The van der Waals surface area contributed by atoms with Gasteiger partial charge in [-0.15, -0.1) is 0 Å². The first-order valence-corrected chi connectivity index (χ1v) is 10.2. The summed E-state index contributed by atoms with van der Waals surface area (Å²) in [6.07, 6.45) is -0.848. The van der Waals surface area contributed by atoms with Gasteiger partial charge in [-0.1, -0.05) is 17.7 Å². The van der Waals surface area contributed by atoms with Crippen molar-refractivity contribution < 1.29 is 27.6 Å². The van der Waals surface area contributed by atoms with Crippen LogP contribution in [0.3, 0.4) is 0 Å². The van der Waals surface area contributed by atoms with Gasteiger partial charge in [0.25, 0.3) is 0 Å². The summed E-state index contributed by atoms with van der Waals surface area (Å²) in [4.78, 5) is 25.0. The largest absolute Gasteiger partial charge is 0.359 e. The first kappa shape index (κ1) is 21.3. The van der Waals surface area contributed by atoms with Crippen LogP contribution < -0.4 is 15.5 Å². The lowest BCUT2D eigenvalue weighted by Gasteiger charge is -2.22. The molecule has 27 heavy (non-hydrogen) atoms. The minimum Gasteiger partial charge on any atom is -0.359 e. The van der Waals surface area contributed by atoms with Gasteiger partial charge in [0, 0.05) is 6.54 Å². The van der Waals surface area contributed by atoms with Crippen LogP contribution in [0, 0.1) is 6.92 Å². The first-order chi connectivity index (χ1) is 12.7. The van der Waals surface area contributed by atoms with Crippen molar-refractivity contribution in [2.24, 2.45) is 0 Å². The van der Waals surface area contributed by atoms with E-state index in [4.69, 9.17) is 4.74 Å². The van der Waals surface area contributed by atoms with Crippen molar-refractivity contribution in [3.8, 4) is 0 Å². The lowest BCUT2D eigenvalue weighted by molar-refractivity contribution is -0.856. The summed E-state index contributed by atoms with van der Waals surface area (Å²) in [7, 11) is 0.132. The predicted molar refractivity (Wildman–Crippen MR) is 98.5 cm³/mol. The minimum absolute atomic E-state index is 0.101. The number of benzene rings is 1. The molecule has 1 aliphatic rings. The average Bonchev–Trinajstić information content (AvgIpc) is 3.09. The number of likely N-dealkylation sites (N-methyl/N-ethyl adjacent to an activating group) is 1. The second kappa shape index (κ2) is 9.27. The topological polar surface area (TPSA) is 109 Å². The molecule has 0 bridgehead atoms. The molecule has 0 aliphatic carbocycles. The number of hydrogen-bond acceptors (Lipinski definition) is 5. The fourth-order valence-corrected chi connectivity index (χ4v) is 4.06. The summed E-state index contributed by atoms with van der Waals surface area (Å²) in [6, 6.07) is 6.53. The maximum atomic E-state index is 12.8. The molecule has 1 aromatic carbocycles. The van der Waals surface area contributed by atoms with Gasteiger partial charge in [0.1, 0.15) is 6.23 Å². The molecule has 1 fully saturated rings. The average molecular weight is 399 g/mol. The molecule has 0 spiro atoms. The van der Waals surface area contributed by atoms with E-state index in [9.17, 15) is 18.0 Å². The Hall–Kier alpha value is -2.01. The number of rotatable bonds is 7. The molecule has 1 atom stereocenters. The van der Waals surface area contributed by atoms with E-state index in [1.54, 1.807) is 24.3 Å². The molecule has 2 amide bonds. The Kier molecular flexibility index (Phi) is 7.31. The highest BCUT2D eigenvalue weighted by molar-refractivity contribution is 7.89. The molecule has 150 valence electrons. The number of quaternary nitrogens is 1. The Morgan fingerprint density at radius 1 is 1.19 bits per heavy atom. The number of ether oxygens (including phenoxy) is 1. The number of carbonyl (C=O) groups excluding carboxylic acids is 2. The molecule has 1 saturated heterocycles. The van der Waals surface area contributed by atoms with Gasteiger partial charge in [-0.2, -0.15) is 4.31 Å². The molecular weight excluding hydrogens is 372 g/mol. The van der Waals surface area contributed by atoms with Crippen molar-refractivity contribution in [1.82, 2.24) is 14.9 Å². The van der Waals surface area contributed by atoms with Crippen LogP contribution in [0.1, 0.15) is 5.56 Å². The van der Waals surface area contributed by atoms with Gasteiger partial charge in [0.05, 0.1) is 45.2 Å². The predicted octanol–water partition coefficient (Wildman–Crippen LogP) is -2.28. The zero-order valence-electron chi connectivity index (χ0n) is 15.8. The van der Waals surface area contributed by atoms with Crippen molar-refractivity contribution in [1.29, 1.82) is 0 Å². The second-order valence-corrected chi connectivity index (χ2v) is 8.57. The first-order valence-electron chi connectivity index (χ1n) is 8.77. The van der Waals surface area contributed by atoms with Gasteiger partial charge in [-0.05, 0) is 19.1 Å². The van der Waals surface area contributed by atoms with E-state index in [1.807, 2.05) is 21.0 Å². The van der Waals surface area contributed by atoms with E-state index in [0.29, 0.717) is 13.1 Å². The fourth-order valence-electron chi connectivity index (χ4n) is 2.55.